The Morgan fingerprint density at radius 1 is 1.00 bits per heavy atom. The third-order valence-corrected chi connectivity index (χ3v) is 10.3. The van der Waals surface area contributed by atoms with E-state index in [0.717, 1.165) is 42.6 Å². The summed E-state index contributed by atoms with van der Waals surface area (Å²) in [4.78, 5) is 46.5. The number of ether oxygens (including phenoxy) is 2. The molecule has 1 spiro atoms. The van der Waals surface area contributed by atoms with Gasteiger partial charge in [-0.3, -0.25) is 19.4 Å². The number of imide groups is 1. The van der Waals surface area contributed by atoms with Crippen LogP contribution in [0.2, 0.25) is 0 Å². The summed E-state index contributed by atoms with van der Waals surface area (Å²) in [6, 6.07) is 7.24. The zero-order valence-corrected chi connectivity index (χ0v) is 22.8. The molecule has 1 aromatic rings. The molecule has 2 heterocycles. The number of Topliss-reactive ketones (excluding diaryl/α,β-unsaturated/α-hetero) is 1. The number of benzene rings is 1. The SMILES string of the molecule is COCCN1C(=O)N(Cc2cccc(OC)c2)C(=O)C12CCN(CC(=O)C13CC4CC(CC(C4)C1)C3)CC2. The molecule has 4 saturated carbocycles. The van der Waals surface area contributed by atoms with Gasteiger partial charge in [-0.1, -0.05) is 12.1 Å². The lowest BCUT2D eigenvalue weighted by molar-refractivity contribution is -0.146. The maximum absolute atomic E-state index is 13.9. The maximum atomic E-state index is 13.9. The van der Waals surface area contributed by atoms with Gasteiger partial charge in [0.05, 0.1) is 26.8 Å². The van der Waals surface area contributed by atoms with Crippen molar-refractivity contribution in [1.29, 1.82) is 0 Å². The number of ketones is 1. The molecule has 2 saturated heterocycles. The molecule has 8 heteroatoms. The molecule has 6 aliphatic rings. The number of carbonyl (C=O) groups is 3. The van der Waals surface area contributed by atoms with Crippen molar-refractivity contribution in [3.63, 3.8) is 0 Å². The van der Waals surface area contributed by atoms with E-state index in [0.29, 0.717) is 57.2 Å². The van der Waals surface area contributed by atoms with Gasteiger partial charge in [-0.05, 0) is 86.8 Å². The van der Waals surface area contributed by atoms with Crippen LogP contribution in [0.25, 0.3) is 0 Å². The highest BCUT2D eigenvalue weighted by Gasteiger charge is 2.58. The predicted octanol–water partition coefficient (Wildman–Crippen LogP) is 3.73. The molecular weight excluding hydrogens is 482 g/mol. The van der Waals surface area contributed by atoms with Gasteiger partial charge >= 0.3 is 6.03 Å². The summed E-state index contributed by atoms with van der Waals surface area (Å²) in [6.45, 7) is 2.75. The van der Waals surface area contributed by atoms with Gasteiger partial charge < -0.3 is 14.4 Å². The smallest absolute Gasteiger partial charge is 0.328 e. The lowest BCUT2D eigenvalue weighted by Crippen LogP contribution is -2.58. The van der Waals surface area contributed by atoms with Crippen LogP contribution in [0.5, 0.6) is 5.75 Å². The first-order chi connectivity index (χ1) is 18.4. The van der Waals surface area contributed by atoms with Gasteiger partial charge in [-0.2, -0.15) is 0 Å². The van der Waals surface area contributed by atoms with Crippen LogP contribution in [0.4, 0.5) is 4.79 Å². The Hall–Kier alpha value is -2.45. The number of nitrogens with zero attached hydrogens (tertiary/aromatic N) is 3. The molecule has 2 aliphatic heterocycles. The van der Waals surface area contributed by atoms with Crippen molar-refractivity contribution in [2.45, 2.75) is 63.5 Å². The summed E-state index contributed by atoms with van der Waals surface area (Å²) in [7, 11) is 3.22. The molecular formula is C30H41N3O5. The molecule has 3 amide bonds. The second kappa shape index (κ2) is 9.94. The van der Waals surface area contributed by atoms with E-state index in [-0.39, 0.29) is 23.9 Å². The molecule has 7 rings (SSSR count). The third kappa shape index (κ3) is 4.34. The highest BCUT2D eigenvalue weighted by Crippen LogP contribution is 2.60. The maximum Gasteiger partial charge on any atom is 0.328 e. The lowest BCUT2D eigenvalue weighted by atomic mass is 9.48. The van der Waals surface area contributed by atoms with Crippen LogP contribution in [0.15, 0.2) is 24.3 Å². The molecule has 0 N–H and O–H groups in total. The van der Waals surface area contributed by atoms with E-state index in [1.165, 1.54) is 24.2 Å². The number of carbonyl (C=O) groups excluding carboxylic acids is 3. The number of urea groups is 1. The minimum Gasteiger partial charge on any atom is -0.497 e. The zero-order chi connectivity index (χ0) is 26.5. The third-order valence-electron chi connectivity index (χ3n) is 10.3. The van der Waals surface area contributed by atoms with Crippen molar-refractivity contribution in [3.8, 4) is 5.75 Å². The van der Waals surface area contributed by atoms with Gasteiger partial charge in [0.15, 0.2) is 5.78 Å². The van der Waals surface area contributed by atoms with Crippen LogP contribution in [0.1, 0.15) is 56.9 Å². The van der Waals surface area contributed by atoms with Crippen molar-refractivity contribution in [3.05, 3.63) is 29.8 Å². The van der Waals surface area contributed by atoms with Crippen LogP contribution in [0, 0.1) is 23.2 Å². The Morgan fingerprint density at radius 3 is 2.26 bits per heavy atom. The second-order valence-corrected chi connectivity index (χ2v) is 12.6. The fourth-order valence-electron chi connectivity index (χ4n) is 8.76. The molecule has 4 aliphatic carbocycles. The lowest BCUT2D eigenvalue weighted by Gasteiger charge is -2.56. The molecule has 0 unspecified atom stereocenters. The summed E-state index contributed by atoms with van der Waals surface area (Å²) >= 11 is 0. The highest BCUT2D eigenvalue weighted by atomic mass is 16.5. The molecule has 38 heavy (non-hydrogen) atoms. The van der Waals surface area contributed by atoms with Gasteiger partial charge in [-0.15, -0.1) is 0 Å². The molecule has 0 atom stereocenters. The number of hydrogen-bond donors (Lipinski definition) is 0. The first kappa shape index (κ1) is 25.8. The Kier molecular flexibility index (Phi) is 6.75. The summed E-state index contributed by atoms with van der Waals surface area (Å²) in [6.07, 6.45) is 8.36. The van der Waals surface area contributed by atoms with Gasteiger partial charge in [0.1, 0.15) is 11.3 Å². The molecule has 0 radical (unpaired) electrons. The van der Waals surface area contributed by atoms with E-state index < -0.39 is 5.54 Å². The minimum atomic E-state index is -0.866. The number of rotatable bonds is 9. The Morgan fingerprint density at radius 2 is 1.66 bits per heavy atom. The summed E-state index contributed by atoms with van der Waals surface area (Å²) in [5.41, 5.74) is -0.108. The van der Waals surface area contributed by atoms with Gasteiger partial charge in [0.25, 0.3) is 5.91 Å². The average molecular weight is 524 g/mol. The van der Waals surface area contributed by atoms with Crippen LogP contribution in [-0.2, 0) is 20.9 Å². The summed E-state index contributed by atoms with van der Waals surface area (Å²) in [5, 5.41) is 0. The van der Waals surface area contributed by atoms with Crippen LogP contribution < -0.4 is 4.74 Å². The molecule has 6 fully saturated rings. The van der Waals surface area contributed by atoms with E-state index in [1.54, 1.807) is 19.1 Å². The standard InChI is InChI=1S/C30H41N3O5/c1-37-11-10-33-28(36)32(19-21-4-3-5-25(15-21)38-2)27(35)30(33)6-8-31(9-7-30)20-26(34)29-16-22-12-23(17-29)14-24(13-22)18-29/h3-5,15,22-24H,6-14,16-20H2,1-2H3. The van der Waals surface area contributed by atoms with Crippen LogP contribution in [0.3, 0.4) is 0 Å². The van der Waals surface area contributed by atoms with E-state index in [2.05, 4.69) is 4.90 Å². The number of piperidine rings is 1. The van der Waals surface area contributed by atoms with Crippen molar-refractivity contribution in [1.82, 2.24) is 14.7 Å². The average Bonchev–Trinajstić information content (AvgIpc) is 3.09. The zero-order valence-electron chi connectivity index (χ0n) is 22.8. The van der Waals surface area contributed by atoms with Crippen LogP contribution in [-0.4, -0.2) is 85.0 Å². The quantitative estimate of drug-likeness (QED) is 0.459. The fourth-order valence-corrected chi connectivity index (χ4v) is 8.76. The Bertz CT molecular complexity index is 1060. The molecule has 206 valence electrons. The Labute approximate surface area is 225 Å². The molecule has 4 bridgehead atoms. The minimum absolute atomic E-state index is 0.0962. The first-order valence-corrected chi connectivity index (χ1v) is 14.4. The van der Waals surface area contributed by atoms with Gasteiger partial charge in [0.2, 0.25) is 0 Å². The predicted molar refractivity (Wildman–Crippen MR) is 142 cm³/mol. The number of hydrogen-bond acceptors (Lipinski definition) is 6. The second-order valence-electron chi connectivity index (χ2n) is 12.6. The van der Waals surface area contributed by atoms with E-state index in [4.69, 9.17) is 9.47 Å². The van der Waals surface area contributed by atoms with E-state index in [1.807, 2.05) is 24.3 Å². The van der Waals surface area contributed by atoms with Crippen molar-refractivity contribution in [2.24, 2.45) is 23.2 Å². The van der Waals surface area contributed by atoms with Crippen LogP contribution >= 0.6 is 0 Å². The summed E-state index contributed by atoms with van der Waals surface area (Å²) in [5.74, 6) is 3.25. The number of likely N-dealkylation sites (tertiary alicyclic amines) is 1. The van der Waals surface area contributed by atoms with E-state index >= 15 is 0 Å². The van der Waals surface area contributed by atoms with Gasteiger partial charge in [0, 0.05) is 32.2 Å². The van der Waals surface area contributed by atoms with Gasteiger partial charge in [-0.25, -0.2) is 4.79 Å². The fraction of sp³-hybridized carbons (Fsp3) is 0.700. The molecule has 1 aromatic carbocycles. The normalized spacial score (nSPS) is 32.0. The molecule has 8 nitrogen and oxygen atoms in total. The molecule has 0 aromatic heterocycles. The highest BCUT2D eigenvalue weighted by molar-refractivity contribution is 6.07. The monoisotopic (exact) mass is 523 g/mol. The van der Waals surface area contributed by atoms with Crippen molar-refractivity contribution < 1.29 is 23.9 Å². The van der Waals surface area contributed by atoms with Crippen molar-refractivity contribution >= 4 is 17.7 Å². The largest absolute Gasteiger partial charge is 0.497 e. The van der Waals surface area contributed by atoms with E-state index in [9.17, 15) is 14.4 Å². The number of amides is 3. The first-order valence-electron chi connectivity index (χ1n) is 14.4. The summed E-state index contributed by atoms with van der Waals surface area (Å²) < 4.78 is 10.6. The Balaban J connectivity index is 1.15. The number of methoxy groups -OCH3 is 2. The topological polar surface area (TPSA) is 79.4 Å². The van der Waals surface area contributed by atoms with Crippen molar-refractivity contribution in [2.75, 3.05) is 47.0 Å².